The van der Waals surface area contributed by atoms with Gasteiger partial charge in [-0.1, -0.05) is 30.3 Å². The number of rotatable bonds is 6. The van der Waals surface area contributed by atoms with Crippen LogP contribution in [0, 0.1) is 5.82 Å². The number of hydrogen-bond acceptors (Lipinski definition) is 7. The van der Waals surface area contributed by atoms with Crippen LogP contribution in [0.15, 0.2) is 59.8 Å². The van der Waals surface area contributed by atoms with Crippen molar-refractivity contribution in [3.63, 3.8) is 0 Å². The van der Waals surface area contributed by atoms with Gasteiger partial charge in [0.05, 0.1) is 10.9 Å². The largest absolute Gasteiger partial charge is 0.492 e. The molecule has 1 aromatic heterocycles. The summed E-state index contributed by atoms with van der Waals surface area (Å²) < 4.78 is 79.6. The average Bonchev–Trinajstić information content (AvgIpc) is 3.62. The number of hydrogen-bond donors (Lipinski definition) is 1. The van der Waals surface area contributed by atoms with Gasteiger partial charge in [0, 0.05) is 29.1 Å². The fourth-order valence-corrected chi connectivity index (χ4v) is 4.84. The predicted molar refractivity (Wildman–Crippen MR) is 111 cm³/mol. The monoisotopic (exact) mass is 496 g/mol. The number of nitrogens with zero attached hydrogens (tertiary/aromatic N) is 3. The molecule has 0 amide bonds. The highest BCUT2D eigenvalue weighted by Gasteiger charge is 2.49. The van der Waals surface area contributed by atoms with Crippen molar-refractivity contribution in [1.82, 2.24) is 14.4 Å². The predicted octanol–water partition coefficient (Wildman–Crippen LogP) is 3.71. The lowest BCUT2D eigenvalue weighted by molar-refractivity contribution is -0.223. The standard InChI is InChI=1S/C21H16F4N4O4S/c22-17-9-12(5-8-15(17)13-10-27-20(26)28-11-13)16-3-1-2-4-18(16)34(31,32)29(14-6-7-14)33-19(30)21(23,24)25/h1-5,8-11,14H,6-7H2,(H2,26,27,28). The van der Waals surface area contributed by atoms with E-state index in [0.717, 1.165) is 12.1 Å². The molecule has 13 heteroatoms. The van der Waals surface area contributed by atoms with Crippen LogP contribution in [-0.4, -0.2) is 41.0 Å². The third-order valence-electron chi connectivity index (χ3n) is 4.91. The molecule has 3 aromatic rings. The van der Waals surface area contributed by atoms with Gasteiger partial charge in [0.15, 0.2) is 0 Å². The number of nitrogens with two attached hydrogens (primary N) is 1. The van der Waals surface area contributed by atoms with Crippen LogP contribution < -0.4 is 5.73 Å². The molecule has 1 aliphatic carbocycles. The van der Waals surface area contributed by atoms with Crippen molar-refractivity contribution >= 4 is 21.9 Å². The summed E-state index contributed by atoms with van der Waals surface area (Å²) in [6, 6.07) is 8.31. The maximum Gasteiger partial charge on any atom is 0.492 e. The Balaban J connectivity index is 1.73. The first-order valence-electron chi connectivity index (χ1n) is 9.79. The van der Waals surface area contributed by atoms with E-state index >= 15 is 0 Å². The van der Waals surface area contributed by atoms with Gasteiger partial charge in [-0.2, -0.15) is 13.2 Å². The van der Waals surface area contributed by atoms with E-state index < -0.39 is 38.9 Å². The molecule has 0 unspecified atom stereocenters. The summed E-state index contributed by atoms with van der Waals surface area (Å²) in [5, 5.41) is 0. The van der Waals surface area contributed by atoms with Crippen LogP contribution in [0.2, 0.25) is 0 Å². The number of carbonyl (C=O) groups excluding carboxylic acids is 1. The van der Waals surface area contributed by atoms with E-state index in [-0.39, 0.29) is 39.9 Å². The van der Waals surface area contributed by atoms with E-state index in [0.29, 0.717) is 5.56 Å². The van der Waals surface area contributed by atoms with Crippen molar-refractivity contribution in [1.29, 1.82) is 0 Å². The minimum absolute atomic E-state index is 0.00588. The van der Waals surface area contributed by atoms with E-state index in [9.17, 15) is 30.8 Å². The Hall–Kier alpha value is -3.58. The molecule has 0 radical (unpaired) electrons. The van der Waals surface area contributed by atoms with E-state index in [1.807, 2.05) is 0 Å². The van der Waals surface area contributed by atoms with Gasteiger partial charge in [0.25, 0.3) is 10.0 Å². The zero-order chi connectivity index (χ0) is 24.7. The van der Waals surface area contributed by atoms with Gasteiger partial charge in [0.1, 0.15) is 5.82 Å². The Kier molecular flexibility index (Phi) is 6.00. The Morgan fingerprint density at radius 2 is 1.68 bits per heavy atom. The van der Waals surface area contributed by atoms with E-state index in [2.05, 4.69) is 14.8 Å². The van der Waals surface area contributed by atoms with Gasteiger partial charge in [-0.05, 0) is 35.0 Å². The number of aromatic nitrogens is 2. The number of hydroxylamine groups is 1. The van der Waals surface area contributed by atoms with Crippen LogP contribution in [0.5, 0.6) is 0 Å². The highest BCUT2D eigenvalue weighted by Crippen LogP contribution is 2.37. The van der Waals surface area contributed by atoms with Gasteiger partial charge < -0.3 is 10.6 Å². The SMILES string of the molecule is Nc1ncc(-c2ccc(-c3ccccc3S(=O)(=O)N(OC(=O)C(F)(F)F)C3CC3)cc2F)cn1. The summed E-state index contributed by atoms with van der Waals surface area (Å²) in [5.74, 6) is -3.37. The third-order valence-corrected chi connectivity index (χ3v) is 6.67. The van der Waals surface area contributed by atoms with Gasteiger partial charge in [0.2, 0.25) is 5.95 Å². The first kappa shape index (κ1) is 23.6. The van der Waals surface area contributed by atoms with Crippen molar-refractivity contribution in [2.75, 3.05) is 5.73 Å². The Morgan fingerprint density at radius 3 is 2.26 bits per heavy atom. The minimum atomic E-state index is -5.38. The lowest BCUT2D eigenvalue weighted by atomic mass is 10.0. The highest BCUT2D eigenvalue weighted by atomic mass is 32.2. The maximum atomic E-state index is 14.9. The van der Waals surface area contributed by atoms with Crippen LogP contribution in [0.25, 0.3) is 22.3 Å². The second-order valence-electron chi connectivity index (χ2n) is 7.39. The molecular formula is C21H16F4N4O4S. The number of carbonyl (C=O) groups is 1. The smallest absolute Gasteiger partial charge is 0.368 e. The van der Waals surface area contributed by atoms with Crippen LogP contribution in [0.4, 0.5) is 23.5 Å². The number of alkyl halides is 3. The van der Waals surface area contributed by atoms with Gasteiger partial charge >= 0.3 is 12.1 Å². The molecule has 8 nitrogen and oxygen atoms in total. The lowest BCUT2D eigenvalue weighted by Crippen LogP contribution is -2.40. The highest BCUT2D eigenvalue weighted by molar-refractivity contribution is 7.89. The normalized spacial score (nSPS) is 14.3. The van der Waals surface area contributed by atoms with E-state index in [4.69, 9.17) is 5.73 Å². The number of benzene rings is 2. The van der Waals surface area contributed by atoms with Crippen LogP contribution in [0.3, 0.4) is 0 Å². The Labute approximate surface area is 191 Å². The minimum Gasteiger partial charge on any atom is -0.368 e. The molecule has 2 N–H and O–H groups in total. The summed E-state index contributed by atoms with van der Waals surface area (Å²) in [7, 11) is -4.72. The molecule has 1 heterocycles. The zero-order valence-electron chi connectivity index (χ0n) is 17.2. The zero-order valence-corrected chi connectivity index (χ0v) is 18.0. The summed E-state index contributed by atoms with van der Waals surface area (Å²) in [6.45, 7) is 0. The molecular weight excluding hydrogens is 480 g/mol. The first-order chi connectivity index (χ1) is 16.0. The van der Waals surface area contributed by atoms with Crippen molar-refractivity contribution in [3.8, 4) is 22.3 Å². The molecule has 2 aromatic carbocycles. The fourth-order valence-electron chi connectivity index (χ4n) is 3.16. The van der Waals surface area contributed by atoms with Crippen molar-refractivity contribution in [2.45, 2.75) is 30.0 Å². The first-order valence-corrected chi connectivity index (χ1v) is 11.2. The molecule has 4 rings (SSSR count). The molecule has 0 saturated heterocycles. The average molecular weight is 496 g/mol. The van der Waals surface area contributed by atoms with Gasteiger partial charge in [-0.3, -0.25) is 0 Å². The molecule has 0 aliphatic heterocycles. The molecule has 34 heavy (non-hydrogen) atoms. The second-order valence-corrected chi connectivity index (χ2v) is 9.14. The second kappa shape index (κ2) is 8.65. The summed E-state index contributed by atoms with van der Waals surface area (Å²) >= 11 is 0. The molecule has 178 valence electrons. The van der Waals surface area contributed by atoms with Gasteiger partial charge in [-0.15, -0.1) is 0 Å². The van der Waals surface area contributed by atoms with Crippen molar-refractivity contribution in [3.05, 3.63) is 60.7 Å². The molecule has 1 fully saturated rings. The summed E-state index contributed by atoms with van der Waals surface area (Å²) in [5.41, 5.74) is 6.04. The number of nitrogen functional groups attached to an aromatic ring is 1. The number of sulfonamides is 1. The van der Waals surface area contributed by atoms with Crippen LogP contribution >= 0.6 is 0 Å². The van der Waals surface area contributed by atoms with Crippen molar-refractivity contribution in [2.24, 2.45) is 0 Å². The van der Waals surface area contributed by atoms with Gasteiger partial charge in [-0.25, -0.2) is 27.6 Å². The topological polar surface area (TPSA) is 115 Å². The summed E-state index contributed by atoms with van der Waals surface area (Å²) in [4.78, 5) is 22.8. The van der Waals surface area contributed by atoms with Crippen LogP contribution in [0.1, 0.15) is 12.8 Å². The Morgan fingerprint density at radius 1 is 1.03 bits per heavy atom. The van der Waals surface area contributed by atoms with Crippen LogP contribution in [-0.2, 0) is 19.7 Å². The molecule has 0 bridgehead atoms. The fraction of sp³-hybridized carbons (Fsp3) is 0.190. The molecule has 0 spiro atoms. The summed E-state index contributed by atoms with van der Waals surface area (Å²) in [6.07, 6.45) is -2.30. The third kappa shape index (κ3) is 4.70. The molecule has 1 aliphatic rings. The lowest BCUT2D eigenvalue weighted by Gasteiger charge is -2.22. The maximum absolute atomic E-state index is 14.9. The Bertz CT molecular complexity index is 1340. The van der Waals surface area contributed by atoms with E-state index in [1.165, 1.54) is 42.7 Å². The molecule has 1 saturated carbocycles. The van der Waals surface area contributed by atoms with Crippen molar-refractivity contribution < 1.29 is 35.6 Å². The number of halogens is 4. The molecule has 0 atom stereocenters. The van der Waals surface area contributed by atoms with E-state index in [1.54, 1.807) is 0 Å². The number of anilines is 1. The quantitative estimate of drug-likeness (QED) is 0.409.